The van der Waals surface area contributed by atoms with Gasteiger partial charge in [-0.1, -0.05) is 19.8 Å². The topological polar surface area (TPSA) is 15.3 Å². The van der Waals surface area contributed by atoms with Crippen LogP contribution in [0, 0.1) is 11.8 Å². The van der Waals surface area contributed by atoms with Crippen molar-refractivity contribution in [3.8, 4) is 0 Å². The smallest absolute Gasteiger partial charge is 0.0118 e. The summed E-state index contributed by atoms with van der Waals surface area (Å²) in [4.78, 5) is 2.67. The van der Waals surface area contributed by atoms with Crippen molar-refractivity contribution in [2.45, 2.75) is 51.5 Å². The standard InChI is InChI=1S/C14H28N2.ClH/c1-12-5-3-4-6-14(12)16(2)11-13-7-9-15-10-8-13;/h12-15H,3-11H2,1-2H3;1H. The summed E-state index contributed by atoms with van der Waals surface area (Å²) in [6.45, 7) is 6.25. The van der Waals surface area contributed by atoms with Crippen LogP contribution < -0.4 is 5.32 Å². The van der Waals surface area contributed by atoms with Crippen LogP contribution in [-0.4, -0.2) is 37.6 Å². The van der Waals surface area contributed by atoms with E-state index in [4.69, 9.17) is 0 Å². The SMILES string of the molecule is CC1CCCCC1N(C)CC1CCNCC1.Cl. The molecule has 2 fully saturated rings. The van der Waals surface area contributed by atoms with Crippen LogP contribution in [0.1, 0.15) is 45.4 Å². The molecule has 2 rings (SSSR count). The Labute approximate surface area is 113 Å². The number of hydrogen-bond donors (Lipinski definition) is 1. The van der Waals surface area contributed by atoms with E-state index in [2.05, 4.69) is 24.2 Å². The largest absolute Gasteiger partial charge is 0.317 e. The fraction of sp³-hybridized carbons (Fsp3) is 1.00. The Kier molecular flexibility index (Phi) is 6.83. The molecular formula is C14H29ClN2. The van der Waals surface area contributed by atoms with Gasteiger partial charge in [-0.3, -0.25) is 0 Å². The molecule has 1 saturated carbocycles. The lowest BCUT2D eigenvalue weighted by Crippen LogP contribution is -2.43. The molecule has 0 amide bonds. The molecular weight excluding hydrogens is 232 g/mol. The van der Waals surface area contributed by atoms with Crippen LogP contribution in [0.4, 0.5) is 0 Å². The van der Waals surface area contributed by atoms with E-state index in [1.54, 1.807) is 0 Å². The minimum Gasteiger partial charge on any atom is -0.317 e. The maximum atomic E-state index is 3.46. The van der Waals surface area contributed by atoms with E-state index in [0.717, 1.165) is 17.9 Å². The molecule has 1 N–H and O–H groups in total. The second kappa shape index (κ2) is 7.60. The monoisotopic (exact) mass is 260 g/mol. The van der Waals surface area contributed by atoms with Crippen molar-refractivity contribution in [3.05, 3.63) is 0 Å². The zero-order valence-electron chi connectivity index (χ0n) is 11.5. The molecule has 0 spiro atoms. The minimum absolute atomic E-state index is 0. The molecule has 17 heavy (non-hydrogen) atoms. The van der Waals surface area contributed by atoms with E-state index in [1.165, 1.54) is 58.2 Å². The number of rotatable bonds is 3. The van der Waals surface area contributed by atoms with E-state index < -0.39 is 0 Å². The fourth-order valence-electron chi connectivity index (χ4n) is 3.56. The Bertz CT molecular complexity index is 204. The van der Waals surface area contributed by atoms with Gasteiger partial charge in [0.25, 0.3) is 0 Å². The van der Waals surface area contributed by atoms with Gasteiger partial charge in [-0.05, 0) is 57.7 Å². The highest BCUT2D eigenvalue weighted by molar-refractivity contribution is 5.85. The molecule has 0 aromatic carbocycles. The van der Waals surface area contributed by atoms with Gasteiger partial charge < -0.3 is 10.2 Å². The van der Waals surface area contributed by atoms with Gasteiger partial charge >= 0.3 is 0 Å². The highest BCUT2D eigenvalue weighted by Crippen LogP contribution is 2.28. The molecule has 0 bridgehead atoms. The fourth-order valence-corrected chi connectivity index (χ4v) is 3.56. The summed E-state index contributed by atoms with van der Waals surface area (Å²) < 4.78 is 0. The lowest BCUT2D eigenvalue weighted by Gasteiger charge is -2.38. The highest BCUT2D eigenvalue weighted by atomic mass is 35.5. The van der Waals surface area contributed by atoms with E-state index in [0.29, 0.717) is 0 Å². The number of nitrogens with zero attached hydrogens (tertiary/aromatic N) is 1. The number of piperidine rings is 1. The third-order valence-electron chi connectivity index (χ3n) is 4.64. The average molecular weight is 261 g/mol. The first-order valence-corrected chi connectivity index (χ1v) is 7.18. The van der Waals surface area contributed by atoms with Gasteiger partial charge in [0.05, 0.1) is 0 Å². The summed E-state index contributed by atoms with van der Waals surface area (Å²) in [5, 5.41) is 3.46. The van der Waals surface area contributed by atoms with Gasteiger partial charge in [0.15, 0.2) is 0 Å². The van der Waals surface area contributed by atoms with Gasteiger partial charge in [-0.25, -0.2) is 0 Å². The summed E-state index contributed by atoms with van der Waals surface area (Å²) in [6.07, 6.45) is 8.55. The van der Waals surface area contributed by atoms with E-state index in [-0.39, 0.29) is 12.4 Å². The van der Waals surface area contributed by atoms with Crippen LogP contribution in [0.2, 0.25) is 0 Å². The van der Waals surface area contributed by atoms with Gasteiger partial charge in [-0.2, -0.15) is 0 Å². The zero-order chi connectivity index (χ0) is 11.4. The van der Waals surface area contributed by atoms with Crippen LogP contribution in [0.5, 0.6) is 0 Å². The van der Waals surface area contributed by atoms with E-state index in [1.807, 2.05) is 0 Å². The zero-order valence-corrected chi connectivity index (χ0v) is 12.3. The number of hydrogen-bond acceptors (Lipinski definition) is 2. The van der Waals surface area contributed by atoms with Crippen molar-refractivity contribution >= 4 is 12.4 Å². The van der Waals surface area contributed by atoms with Crippen LogP contribution >= 0.6 is 12.4 Å². The molecule has 1 saturated heterocycles. The molecule has 0 aromatic rings. The highest BCUT2D eigenvalue weighted by Gasteiger charge is 2.26. The van der Waals surface area contributed by atoms with Crippen molar-refractivity contribution in [2.24, 2.45) is 11.8 Å². The average Bonchev–Trinajstić information content (AvgIpc) is 2.31. The van der Waals surface area contributed by atoms with Gasteiger partial charge in [-0.15, -0.1) is 12.4 Å². The lowest BCUT2D eigenvalue weighted by atomic mass is 9.84. The minimum atomic E-state index is 0. The third-order valence-corrected chi connectivity index (χ3v) is 4.64. The van der Waals surface area contributed by atoms with Crippen molar-refractivity contribution in [1.29, 1.82) is 0 Å². The summed E-state index contributed by atoms with van der Waals surface area (Å²) >= 11 is 0. The molecule has 0 aromatic heterocycles. The molecule has 2 unspecified atom stereocenters. The van der Waals surface area contributed by atoms with Crippen LogP contribution in [0.3, 0.4) is 0 Å². The predicted molar refractivity (Wildman–Crippen MR) is 76.9 cm³/mol. The first-order valence-electron chi connectivity index (χ1n) is 7.18. The second-order valence-corrected chi connectivity index (χ2v) is 5.96. The third kappa shape index (κ3) is 4.42. The lowest BCUT2D eigenvalue weighted by molar-refractivity contribution is 0.114. The predicted octanol–water partition coefficient (Wildman–Crippen LogP) is 2.92. The second-order valence-electron chi connectivity index (χ2n) is 5.96. The summed E-state index contributed by atoms with van der Waals surface area (Å²) in [7, 11) is 2.36. The van der Waals surface area contributed by atoms with Crippen molar-refractivity contribution in [2.75, 3.05) is 26.7 Å². The molecule has 102 valence electrons. The Balaban J connectivity index is 0.00000144. The Hall–Kier alpha value is 0.210. The Morgan fingerprint density at radius 2 is 1.71 bits per heavy atom. The van der Waals surface area contributed by atoms with Crippen LogP contribution in [-0.2, 0) is 0 Å². The summed E-state index contributed by atoms with van der Waals surface area (Å²) in [6, 6.07) is 0.864. The molecule has 1 aliphatic carbocycles. The first kappa shape index (κ1) is 15.3. The van der Waals surface area contributed by atoms with Crippen LogP contribution in [0.15, 0.2) is 0 Å². The molecule has 2 atom stereocenters. The van der Waals surface area contributed by atoms with Crippen molar-refractivity contribution in [3.63, 3.8) is 0 Å². The first-order chi connectivity index (χ1) is 7.77. The molecule has 2 aliphatic rings. The summed E-state index contributed by atoms with van der Waals surface area (Å²) in [5.74, 6) is 1.86. The number of halogens is 1. The Morgan fingerprint density at radius 3 is 2.35 bits per heavy atom. The molecule has 1 aliphatic heterocycles. The maximum Gasteiger partial charge on any atom is 0.0118 e. The van der Waals surface area contributed by atoms with Gasteiger partial charge in [0.1, 0.15) is 0 Å². The molecule has 1 heterocycles. The van der Waals surface area contributed by atoms with Crippen molar-refractivity contribution in [1.82, 2.24) is 10.2 Å². The molecule has 2 nitrogen and oxygen atoms in total. The molecule has 0 radical (unpaired) electrons. The van der Waals surface area contributed by atoms with Crippen molar-refractivity contribution < 1.29 is 0 Å². The van der Waals surface area contributed by atoms with Gasteiger partial charge in [0.2, 0.25) is 0 Å². The molecule has 3 heteroatoms. The quantitative estimate of drug-likeness (QED) is 0.840. The maximum absolute atomic E-state index is 3.46. The van der Waals surface area contributed by atoms with Gasteiger partial charge in [0, 0.05) is 12.6 Å². The van der Waals surface area contributed by atoms with E-state index >= 15 is 0 Å². The van der Waals surface area contributed by atoms with E-state index in [9.17, 15) is 0 Å². The summed E-state index contributed by atoms with van der Waals surface area (Å²) in [5.41, 5.74) is 0. The normalized spacial score (nSPS) is 31.2. The van der Waals surface area contributed by atoms with Crippen LogP contribution in [0.25, 0.3) is 0 Å². The Morgan fingerprint density at radius 1 is 1.06 bits per heavy atom. The number of nitrogens with one attached hydrogen (secondary N) is 1.